The molecule has 0 aromatic carbocycles. The molecule has 0 bridgehead atoms. The smallest absolute Gasteiger partial charge is 0.108 e. The van der Waals surface area contributed by atoms with Crippen molar-refractivity contribution in [1.29, 1.82) is 5.26 Å². The molecule has 1 nitrogen and oxygen atoms in total. The highest BCUT2D eigenvalue weighted by atomic mass is 14.2. The van der Waals surface area contributed by atoms with Crippen molar-refractivity contribution in [1.82, 2.24) is 0 Å². The van der Waals surface area contributed by atoms with Crippen LogP contribution in [-0.2, 0) is 0 Å². The molecule has 23 heavy (non-hydrogen) atoms. The number of nitrogens with zero attached hydrogens (tertiary/aromatic N) is 1. The highest BCUT2D eigenvalue weighted by molar-refractivity contribution is 5.39. The van der Waals surface area contributed by atoms with Crippen LogP contribution < -0.4 is 0 Å². The minimum Gasteiger partial charge on any atom is -0.192 e. The maximum absolute atomic E-state index is 9.19. The third kappa shape index (κ3) is 8.87. The summed E-state index contributed by atoms with van der Waals surface area (Å²) in [6.45, 7) is 16.5. The molecule has 0 N–H and O–H groups in total. The van der Waals surface area contributed by atoms with Crippen LogP contribution in [0.25, 0.3) is 0 Å². The Balaban J connectivity index is 5.21. The van der Waals surface area contributed by atoms with Crippen LogP contribution in [0.3, 0.4) is 0 Å². The summed E-state index contributed by atoms with van der Waals surface area (Å²) in [4.78, 5) is 0. The second-order valence-electron chi connectivity index (χ2n) is 5.63. The standard InChI is InChI=1S/C22H31N/c1-7-12-19(6)22(17-23)14-11-13-20(9-3)16-21(10-4)15-18(5)8-2/h11,15-16H,5-10,12-13H2,1-4H3/b20-16-,21-15-. The average Bonchev–Trinajstić information content (AvgIpc) is 2.56. The monoisotopic (exact) mass is 309 g/mol. The topological polar surface area (TPSA) is 23.8 Å². The molecule has 0 aromatic heterocycles. The molecule has 0 fully saturated rings. The van der Waals surface area contributed by atoms with E-state index in [2.05, 4.69) is 64.8 Å². The average molecular weight is 309 g/mol. The van der Waals surface area contributed by atoms with Gasteiger partial charge < -0.3 is 0 Å². The summed E-state index contributed by atoms with van der Waals surface area (Å²) in [7, 11) is 0. The van der Waals surface area contributed by atoms with E-state index in [0.29, 0.717) is 5.57 Å². The Morgan fingerprint density at radius 1 is 1.00 bits per heavy atom. The van der Waals surface area contributed by atoms with Crippen molar-refractivity contribution < 1.29 is 0 Å². The fourth-order valence-electron chi connectivity index (χ4n) is 2.10. The van der Waals surface area contributed by atoms with Crippen LogP contribution in [0.15, 0.2) is 65.0 Å². The Morgan fingerprint density at radius 2 is 1.70 bits per heavy atom. The van der Waals surface area contributed by atoms with Crippen LogP contribution >= 0.6 is 0 Å². The SMILES string of the molecule is C=C(/C=C(\C=C(\CC)CC=C=C(C#N)C(=C)CCC)CC)CC. The van der Waals surface area contributed by atoms with E-state index in [4.69, 9.17) is 0 Å². The van der Waals surface area contributed by atoms with E-state index < -0.39 is 0 Å². The van der Waals surface area contributed by atoms with E-state index in [1.54, 1.807) is 0 Å². The number of hydrogen-bond donors (Lipinski definition) is 0. The van der Waals surface area contributed by atoms with Crippen molar-refractivity contribution in [2.75, 3.05) is 0 Å². The molecule has 0 saturated carbocycles. The molecule has 0 aliphatic heterocycles. The molecule has 0 atom stereocenters. The molecule has 0 amide bonds. The van der Waals surface area contributed by atoms with Crippen LogP contribution in [0, 0.1) is 11.3 Å². The fourth-order valence-corrected chi connectivity index (χ4v) is 2.10. The van der Waals surface area contributed by atoms with Crippen molar-refractivity contribution in [3.05, 3.63) is 65.0 Å². The predicted octanol–water partition coefficient (Wildman–Crippen LogP) is 6.98. The van der Waals surface area contributed by atoms with Crippen molar-refractivity contribution in [3.63, 3.8) is 0 Å². The number of allylic oxidation sites excluding steroid dienone is 7. The predicted molar refractivity (Wildman–Crippen MR) is 102 cm³/mol. The van der Waals surface area contributed by atoms with Gasteiger partial charge in [-0.3, -0.25) is 0 Å². The lowest BCUT2D eigenvalue weighted by Gasteiger charge is -2.04. The van der Waals surface area contributed by atoms with Gasteiger partial charge in [0.1, 0.15) is 6.07 Å². The Kier molecular flexibility index (Phi) is 11.4. The molecule has 0 spiro atoms. The van der Waals surface area contributed by atoms with Gasteiger partial charge >= 0.3 is 0 Å². The van der Waals surface area contributed by atoms with Gasteiger partial charge in [0.25, 0.3) is 0 Å². The minimum absolute atomic E-state index is 0.577. The second-order valence-corrected chi connectivity index (χ2v) is 5.63. The summed E-state index contributed by atoms with van der Waals surface area (Å²) >= 11 is 0. The zero-order valence-corrected chi connectivity index (χ0v) is 15.3. The molecule has 0 unspecified atom stereocenters. The zero-order chi connectivity index (χ0) is 17.7. The van der Waals surface area contributed by atoms with Gasteiger partial charge in [0.05, 0.1) is 5.57 Å². The Morgan fingerprint density at radius 3 is 2.17 bits per heavy atom. The van der Waals surface area contributed by atoms with Gasteiger partial charge in [0, 0.05) is 0 Å². The van der Waals surface area contributed by atoms with E-state index in [1.807, 2.05) is 6.08 Å². The first kappa shape index (κ1) is 21.0. The van der Waals surface area contributed by atoms with Gasteiger partial charge in [-0.05, 0) is 49.3 Å². The molecular formula is C22H31N. The molecule has 0 saturated heterocycles. The van der Waals surface area contributed by atoms with E-state index in [0.717, 1.165) is 49.7 Å². The third-order valence-corrected chi connectivity index (χ3v) is 3.72. The minimum atomic E-state index is 0.577. The van der Waals surface area contributed by atoms with E-state index >= 15 is 0 Å². The van der Waals surface area contributed by atoms with Gasteiger partial charge in [0.2, 0.25) is 0 Å². The fraction of sp³-hybridized carbons (Fsp3) is 0.455. The summed E-state index contributed by atoms with van der Waals surface area (Å²) in [6.07, 6.45) is 12.0. The lowest BCUT2D eigenvalue weighted by molar-refractivity contribution is 0.922. The maximum Gasteiger partial charge on any atom is 0.108 e. The summed E-state index contributed by atoms with van der Waals surface area (Å²) in [5.41, 5.74) is 8.38. The van der Waals surface area contributed by atoms with Crippen molar-refractivity contribution >= 4 is 0 Å². The number of rotatable bonds is 10. The van der Waals surface area contributed by atoms with E-state index in [9.17, 15) is 5.26 Å². The molecule has 0 aliphatic rings. The largest absolute Gasteiger partial charge is 0.192 e. The Hall–Kier alpha value is -2.03. The van der Waals surface area contributed by atoms with Crippen LogP contribution in [0.5, 0.6) is 0 Å². The highest BCUT2D eigenvalue weighted by Gasteiger charge is 1.99. The Labute approximate surface area is 143 Å². The molecule has 124 valence electrons. The normalized spacial score (nSPS) is 11.4. The zero-order valence-electron chi connectivity index (χ0n) is 15.3. The van der Waals surface area contributed by atoms with Gasteiger partial charge in [-0.2, -0.15) is 5.26 Å². The quantitative estimate of drug-likeness (QED) is 0.243. The molecular weight excluding hydrogens is 278 g/mol. The molecule has 0 aromatic rings. The van der Waals surface area contributed by atoms with Crippen LogP contribution in [0.2, 0.25) is 0 Å². The molecule has 0 aliphatic carbocycles. The first-order valence-corrected chi connectivity index (χ1v) is 8.63. The van der Waals surface area contributed by atoms with E-state index in [1.165, 1.54) is 11.1 Å². The summed E-state index contributed by atoms with van der Waals surface area (Å²) in [5.74, 6) is 0. The molecule has 0 rings (SSSR count). The van der Waals surface area contributed by atoms with Gasteiger partial charge in [-0.25, -0.2) is 0 Å². The lowest BCUT2D eigenvalue weighted by atomic mass is 10.0. The van der Waals surface area contributed by atoms with Crippen molar-refractivity contribution in [3.8, 4) is 6.07 Å². The lowest BCUT2D eigenvalue weighted by Crippen LogP contribution is -1.85. The number of nitriles is 1. The molecule has 0 radical (unpaired) electrons. The summed E-state index contributed by atoms with van der Waals surface area (Å²) in [5, 5.41) is 9.19. The third-order valence-electron chi connectivity index (χ3n) is 3.72. The van der Waals surface area contributed by atoms with Crippen LogP contribution in [0.4, 0.5) is 0 Å². The van der Waals surface area contributed by atoms with E-state index in [-0.39, 0.29) is 0 Å². The Bertz CT molecular complexity index is 570. The highest BCUT2D eigenvalue weighted by Crippen LogP contribution is 2.17. The number of hydrogen-bond acceptors (Lipinski definition) is 1. The van der Waals surface area contributed by atoms with Gasteiger partial charge in [-0.15, -0.1) is 5.73 Å². The van der Waals surface area contributed by atoms with Crippen LogP contribution in [-0.4, -0.2) is 0 Å². The first-order valence-electron chi connectivity index (χ1n) is 8.63. The summed E-state index contributed by atoms with van der Waals surface area (Å²) in [6, 6.07) is 2.20. The van der Waals surface area contributed by atoms with Gasteiger partial charge in [-0.1, -0.05) is 70.6 Å². The molecule has 0 heterocycles. The summed E-state index contributed by atoms with van der Waals surface area (Å²) < 4.78 is 0. The molecule has 1 heteroatoms. The second kappa shape index (κ2) is 12.5. The maximum atomic E-state index is 9.19. The van der Waals surface area contributed by atoms with Crippen LogP contribution in [0.1, 0.15) is 66.2 Å². The first-order chi connectivity index (χ1) is 11.0. The van der Waals surface area contributed by atoms with Crippen molar-refractivity contribution in [2.24, 2.45) is 0 Å². The van der Waals surface area contributed by atoms with Crippen molar-refractivity contribution in [2.45, 2.75) is 66.2 Å². The van der Waals surface area contributed by atoms with Gasteiger partial charge in [0.15, 0.2) is 0 Å².